The molecule has 0 radical (unpaired) electrons. The molecule has 0 saturated heterocycles. The highest BCUT2D eigenvalue weighted by Gasteiger charge is 2.08. The third kappa shape index (κ3) is 4.27. The van der Waals surface area contributed by atoms with Crippen molar-refractivity contribution in [3.05, 3.63) is 83.6 Å². The Bertz CT molecular complexity index is 1130. The lowest BCUT2D eigenvalue weighted by molar-refractivity contribution is 0.262. The van der Waals surface area contributed by atoms with Crippen molar-refractivity contribution in [1.82, 2.24) is 9.97 Å². The molecule has 1 heterocycles. The summed E-state index contributed by atoms with van der Waals surface area (Å²) in [6.07, 6.45) is 1.51. The number of para-hydroxylation sites is 1. The molecule has 4 rings (SSSR count). The number of rotatable bonds is 4. The maximum atomic E-state index is 12.3. The Kier molecular flexibility index (Phi) is 5.16. The van der Waals surface area contributed by atoms with Crippen LogP contribution >= 0.6 is 15.9 Å². The molecule has 0 fully saturated rings. The smallest absolute Gasteiger partial charge is 0.323 e. The minimum atomic E-state index is -0.316. The van der Waals surface area contributed by atoms with E-state index in [1.54, 1.807) is 0 Å². The summed E-state index contributed by atoms with van der Waals surface area (Å²) in [7, 11) is 0. The summed E-state index contributed by atoms with van der Waals surface area (Å²) in [6, 6.07) is 22.3. The van der Waals surface area contributed by atoms with E-state index in [9.17, 15) is 4.79 Å². The molecular weight excluding hydrogens is 418 g/mol. The van der Waals surface area contributed by atoms with Crippen LogP contribution in [0.5, 0.6) is 0 Å². The average Bonchev–Trinajstić information content (AvgIpc) is 2.69. The third-order valence-electron chi connectivity index (χ3n) is 4.01. The summed E-state index contributed by atoms with van der Waals surface area (Å²) >= 11 is 3.46. The van der Waals surface area contributed by atoms with E-state index in [0.717, 1.165) is 26.8 Å². The Hall–Kier alpha value is -3.45. The van der Waals surface area contributed by atoms with Gasteiger partial charge in [-0.05, 0) is 48.5 Å². The van der Waals surface area contributed by atoms with Crippen molar-refractivity contribution < 1.29 is 4.79 Å². The first-order valence-electron chi connectivity index (χ1n) is 8.58. The standard InChI is InChI=1S/C21H16BrN5O/c22-14-5-4-8-16(11-14)25-20-18-12-17(9-10-19(18)23-13-24-20)27-21(28)26-15-6-2-1-3-7-15/h1-13H,(H,23,24,25)(H2,26,27,28). The topological polar surface area (TPSA) is 78.9 Å². The third-order valence-corrected chi connectivity index (χ3v) is 4.51. The first-order chi connectivity index (χ1) is 13.7. The van der Waals surface area contributed by atoms with Gasteiger partial charge in [0.15, 0.2) is 0 Å². The fourth-order valence-electron chi connectivity index (χ4n) is 2.75. The average molecular weight is 434 g/mol. The van der Waals surface area contributed by atoms with Crippen molar-refractivity contribution in [3.8, 4) is 0 Å². The molecule has 138 valence electrons. The summed E-state index contributed by atoms with van der Waals surface area (Å²) in [5, 5.41) is 9.74. The van der Waals surface area contributed by atoms with Gasteiger partial charge in [0.2, 0.25) is 0 Å². The minimum Gasteiger partial charge on any atom is -0.340 e. The summed E-state index contributed by atoms with van der Waals surface area (Å²) in [4.78, 5) is 20.9. The molecule has 0 aliphatic rings. The van der Waals surface area contributed by atoms with Crippen molar-refractivity contribution in [3.63, 3.8) is 0 Å². The second-order valence-electron chi connectivity index (χ2n) is 6.03. The molecule has 28 heavy (non-hydrogen) atoms. The van der Waals surface area contributed by atoms with Gasteiger partial charge in [-0.2, -0.15) is 0 Å². The SMILES string of the molecule is O=C(Nc1ccccc1)Nc1ccc2ncnc(Nc3cccc(Br)c3)c2c1. The van der Waals surface area contributed by atoms with E-state index in [2.05, 4.69) is 41.8 Å². The molecule has 7 heteroatoms. The van der Waals surface area contributed by atoms with Gasteiger partial charge in [-0.25, -0.2) is 14.8 Å². The van der Waals surface area contributed by atoms with E-state index in [1.807, 2.05) is 72.8 Å². The van der Waals surface area contributed by atoms with Crippen LogP contribution in [0.2, 0.25) is 0 Å². The molecule has 2 amide bonds. The number of aromatic nitrogens is 2. The Morgan fingerprint density at radius 2 is 1.57 bits per heavy atom. The van der Waals surface area contributed by atoms with Crippen LogP contribution in [0.4, 0.5) is 27.7 Å². The maximum Gasteiger partial charge on any atom is 0.323 e. The first-order valence-corrected chi connectivity index (χ1v) is 9.37. The Labute approximate surface area is 170 Å². The number of amides is 2. The van der Waals surface area contributed by atoms with Crippen LogP contribution in [-0.4, -0.2) is 16.0 Å². The summed E-state index contributed by atoms with van der Waals surface area (Å²) in [6.45, 7) is 0. The normalized spacial score (nSPS) is 10.5. The fourth-order valence-corrected chi connectivity index (χ4v) is 3.15. The van der Waals surface area contributed by atoms with E-state index in [0.29, 0.717) is 11.5 Å². The Morgan fingerprint density at radius 1 is 0.786 bits per heavy atom. The van der Waals surface area contributed by atoms with Crippen LogP contribution in [0.15, 0.2) is 83.6 Å². The number of carbonyl (C=O) groups is 1. The minimum absolute atomic E-state index is 0.316. The lowest BCUT2D eigenvalue weighted by Gasteiger charge is -2.11. The molecule has 6 nitrogen and oxygen atoms in total. The zero-order valence-corrected chi connectivity index (χ0v) is 16.3. The highest BCUT2D eigenvalue weighted by molar-refractivity contribution is 9.10. The molecule has 4 aromatic rings. The van der Waals surface area contributed by atoms with Crippen molar-refractivity contribution in [2.24, 2.45) is 0 Å². The lowest BCUT2D eigenvalue weighted by Crippen LogP contribution is -2.19. The van der Waals surface area contributed by atoms with Gasteiger partial charge in [-0.15, -0.1) is 0 Å². The highest BCUT2D eigenvalue weighted by Crippen LogP contribution is 2.27. The van der Waals surface area contributed by atoms with Gasteiger partial charge in [0.05, 0.1) is 5.52 Å². The molecule has 3 aromatic carbocycles. The predicted octanol–water partition coefficient (Wildman–Crippen LogP) is 5.78. The van der Waals surface area contributed by atoms with Gasteiger partial charge in [-0.1, -0.05) is 40.2 Å². The van der Waals surface area contributed by atoms with Gasteiger partial charge >= 0.3 is 6.03 Å². The van der Waals surface area contributed by atoms with E-state index < -0.39 is 0 Å². The number of nitrogens with zero attached hydrogens (tertiary/aromatic N) is 2. The molecule has 0 aliphatic carbocycles. The van der Waals surface area contributed by atoms with Crippen molar-refractivity contribution in [2.75, 3.05) is 16.0 Å². The summed E-state index contributed by atoms with van der Waals surface area (Å²) < 4.78 is 0.968. The first kappa shape index (κ1) is 17.9. The van der Waals surface area contributed by atoms with Crippen LogP contribution in [0.3, 0.4) is 0 Å². The Morgan fingerprint density at radius 3 is 2.39 bits per heavy atom. The second kappa shape index (κ2) is 8.06. The molecular formula is C21H16BrN5O. The Balaban J connectivity index is 1.58. The summed E-state index contributed by atoms with van der Waals surface area (Å²) in [5.41, 5.74) is 3.05. The van der Waals surface area contributed by atoms with Gasteiger partial charge in [-0.3, -0.25) is 0 Å². The number of hydrogen-bond donors (Lipinski definition) is 3. The van der Waals surface area contributed by atoms with Gasteiger partial charge < -0.3 is 16.0 Å². The predicted molar refractivity (Wildman–Crippen MR) is 116 cm³/mol. The van der Waals surface area contributed by atoms with Crippen LogP contribution in [-0.2, 0) is 0 Å². The molecule has 3 N–H and O–H groups in total. The van der Waals surface area contributed by atoms with Gasteiger partial charge in [0.25, 0.3) is 0 Å². The largest absolute Gasteiger partial charge is 0.340 e. The van der Waals surface area contributed by atoms with E-state index in [1.165, 1.54) is 6.33 Å². The number of halogens is 1. The van der Waals surface area contributed by atoms with Gasteiger partial charge in [0, 0.05) is 26.9 Å². The summed E-state index contributed by atoms with van der Waals surface area (Å²) in [5.74, 6) is 0.662. The number of carbonyl (C=O) groups excluding carboxylic acids is 1. The van der Waals surface area contributed by atoms with Crippen LogP contribution in [0, 0.1) is 0 Å². The molecule has 0 aliphatic heterocycles. The number of anilines is 4. The van der Waals surface area contributed by atoms with E-state index in [4.69, 9.17) is 0 Å². The molecule has 0 bridgehead atoms. The van der Waals surface area contributed by atoms with Crippen LogP contribution < -0.4 is 16.0 Å². The number of hydrogen-bond acceptors (Lipinski definition) is 4. The van der Waals surface area contributed by atoms with Crippen LogP contribution in [0.1, 0.15) is 0 Å². The van der Waals surface area contributed by atoms with Crippen molar-refractivity contribution >= 4 is 55.7 Å². The van der Waals surface area contributed by atoms with Crippen molar-refractivity contribution in [2.45, 2.75) is 0 Å². The number of nitrogens with one attached hydrogen (secondary N) is 3. The van der Waals surface area contributed by atoms with Gasteiger partial charge in [0.1, 0.15) is 12.1 Å². The second-order valence-corrected chi connectivity index (χ2v) is 6.95. The number of urea groups is 1. The molecule has 0 saturated carbocycles. The maximum absolute atomic E-state index is 12.3. The lowest BCUT2D eigenvalue weighted by atomic mass is 10.2. The number of benzene rings is 3. The molecule has 0 spiro atoms. The zero-order valence-electron chi connectivity index (χ0n) is 14.7. The molecule has 0 unspecified atom stereocenters. The molecule has 1 aromatic heterocycles. The quantitative estimate of drug-likeness (QED) is 0.381. The van der Waals surface area contributed by atoms with Crippen LogP contribution in [0.25, 0.3) is 10.9 Å². The fraction of sp³-hybridized carbons (Fsp3) is 0. The number of fused-ring (bicyclic) bond motifs is 1. The van der Waals surface area contributed by atoms with Crippen molar-refractivity contribution in [1.29, 1.82) is 0 Å². The van der Waals surface area contributed by atoms with E-state index >= 15 is 0 Å². The van der Waals surface area contributed by atoms with E-state index in [-0.39, 0.29) is 6.03 Å². The highest BCUT2D eigenvalue weighted by atomic mass is 79.9. The zero-order chi connectivity index (χ0) is 19.3. The monoisotopic (exact) mass is 433 g/mol. The molecule has 0 atom stereocenters.